The third kappa shape index (κ3) is 2.78. The molecule has 0 spiro atoms. The maximum atomic E-state index is 5.48. The van der Waals surface area contributed by atoms with E-state index in [1.54, 1.807) is 7.11 Å². The minimum atomic E-state index is 0.718. The van der Waals surface area contributed by atoms with Gasteiger partial charge in [-0.25, -0.2) is 9.97 Å². The van der Waals surface area contributed by atoms with E-state index in [-0.39, 0.29) is 0 Å². The van der Waals surface area contributed by atoms with E-state index < -0.39 is 0 Å². The molecule has 5 nitrogen and oxygen atoms in total. The maximum absolute atomic E-state index is 5.48. The zero-order valence-corrected chi connectivity index (χ0v) is 13.6. The third-order valence-electron chi connectivity index (χ3n) is 4.23. The van der Waals surface area contributed by atoms with Crippen LogP contribution in [0.5, 0.6) is 5.75 Å². The molecular formula is C19H19N3O2. The number of rotatable bonds is 3. The standard InChI is InChI=1S/C19H19N3O2/c1-23-15-7-8-17-16(13-15)19(22-9-11-24-12-10-22)21-18(20-17)14-5-3-2-4-6-14/h2-8,13H,9-12H2,1H3. The molecule has 0 radical (unpaired) electrons. The quantitative estimate of drug-likeness (QED) is 0.742. The van der Waals surface area contributed by atoms with Gasteiger partial charge in [0.25, 0.3) is 0 Å². The number of hydrogen-bond acceptors (Lipinski definition) is 5. The number of methoxy groups -OCH3 is 1. The Morgan fingerprint density at radius 3 is 2.54 bits per heavy atom. The molecule has 0 atom stereocenters. The van der Waals surface area contributed by atoms with Crippen molar-refractivity contribution in [2.45, 2.75) is 0 Å². The fourth-order valence-electron chi connectivity index (χ4n) is 2.95. The smallest absolute Gasteiger partial charge is 0.162 e. The number of fused-ring (bicyclic) bond motifs is 1. The monoisotopic (exact) mass is 321 g/mol. The van der Waals surface area contributed by atoms with Gasteiger partial charge in [-0.3, -0.25) is 0 Å². The van der Waals surface area contributed by atoms with Crippen LogP contribution in [0.4, 0.5) is 5.82 Å². The topological polar surface area (TPSA) is 47.5 Å². The highest BCUT2D eigenvalue weighted by molar-refractivity contribution is 5.92. The summed E-state index contributed by atoms with van der Waals surface area (Å²) in [6, 6.07) is 16.0. The van der Waals surface area contributed by atoms with Gasteiger partial charge in [0.15, 0.2) is 5.82 Å². The molecule has 3 aromatic rings. The first kappa shape index (κ1) is 14.9. The van der Waals surface area contributed by atoms with Gasteiger partial charge < -0.3 is 14.4 Å². The predicted molar refractivity (Wildman–Crippen MR) is 94.6 cm³/mol. The summed E-state index contributed by atoms with van der Waals surface area (Å²) in [5.41, 5.74) is 1.94. The molecule has 1 aromatic heterocycles. The van der Waals surface area contributed by atoms with Crippen LogP contribution >= 0.6 is 0 Å². The van der Waals surface area contributed by atoms with Crippen molar-refractivity contribution in [1.82, 2.24) is 9.97 Å². The van der Waals surface area contributed by atoms with E-state index in [4.69, 9.17) is 19.4 Å². The highest BCUT2D eigenvalue weighted by Gasteiger charge is 2.18. The van der Waals surface area contributed by atoms with Crippen LogP contribution in [0.2, 0.25) is 0 Å². The molecule has 0 unspecified atom stereocenters. The van der Waals surface area contributed by atoms with Crippen molar-refractivity contribution in [2.75, 3.05) is 38.3 Å². The Labute approximate surface area is 140 Å². The van der Waals surface area contributed by atoms with Crippen molar-refractivity contribution in [2.24, 2.45) is 0 Å². The lowest BCUT2D eigenvalue weighted by Crippen LogP contribution is -2.37. The lowest BCUT2D eigenvalue weighted by molar-refractivity contribution is 0.122. The molecule has 122 valence electrons. The number of aromatic nitrogens is 2. The van der Waals surface area contributed by atoms with Crippen LogP contribution in [0, 0.1) is 0 Å². The van der Waals surface area contributed by atoms with Crippen LogP contribution in [0.15, 0.2) is 48.5 Å². The highest BCUT2D eigenvalue weighted by Crippen LogP contribution is 2.30. The first-order valence-corrected chi connectivity index (χ1v) is 8.09. The lowest BCUT2D eigenvalue weighted by atomic mass is 10.1. The average Bonchev–Trinajstić information content (AvgIpc) is 2.68. The van der Waals surface area contributed by atoms with Crippen LogP contribution in [0.1, 0.15) is 0 Å². The highest BCUT2D eigenvalue weighted by atomic mass is 16.5. The lowest BCUT2D eigenvalue weighted by Gasteiger charge is -2.29. The summed E-state index contributed by atoms with van der Waals surface area (Å²) in [7, 11) is 1.68. The molecule has 0 N–H and O–H groups in total. The number of hydrogen-bond donors (Lipinski definition) is 0. The van der Waals surface area contributed by atoms with Crippen molar-refractivity contribution in [3.63, 3.8) is 0 Å². The van der Waals surface area contributed by atoms with E-state index in [0.29, 0.717) is 0 Å². The molecule has 0 bridgehead atoms. The minimum absolute atomic E-state index is 0.718. The molecule has 1 fully saturated rings. The van der Waals surface area contributed by atoms with Crippen LogP contribution in [-0.4, -0.2) is 43.4 Å². The Kier molecular flexibility index (Phi) is 4.01. The van der Waals surface area contributed by atoms with Gasteiger partial charge in [-0.1, -0.05) is 30.3 Å². The van der Waals surface area contributed by atoms with Crippen molar-refractivity contribution in [3.8, 4) is 17.1 Å². The van der Waals surface area contributed by atoms with Crippen molar-refractivity contribution in [3.05, 3.63) is 48.5 Å². The van der Waals surface area contributed by atoms with Gasteiger partial charge in [0.2, 0.25) is 0 Å². The van der Waals surface area contributed by atoms with Crippen molar-refractivity contribution < 1.29 is 9.47 Å². The Bertz CT molecular complexity index is 846. The molecule has 2 aromatic carbocycles. The second kappa shape index (κ2) is 6.45. The summed E-state index contributed by atoms with van der Waals surface area (Å²) in [6.07, 6.45) is 0. The minimum Gasteiger partial charge on any atom is -0.497 e. The zero-order chi connectivity index (χ0) is 16.4. The van der Waals surface area contributed by atoms with Crippen LogP contribution in [0.25, 0.3) is 22.3 Å². The van der Waals surface area contributed by atoms with Gasteiger partial charge in [0, 0.05) is 24.0 Å². The number of benzene rings is 2. The van der Waals surface area contributed by atoms with E-state index in [0.717, 1.165) is 60.2 Å². The largest absolute Gasteiger partial charge is 0.497 e. The van der Waals surface area contributed by atoms with Gasteiger partial charge in [-0.15, -0.1) is 0 Å². The van der Waals surface area contributed by atoms with Gasteiger partial charge in [0.1, 0.15) is 11.6 Å². The molecule has 0 saturated carbocycles. The molecule has 4 rings (SSSR count). The van der Waals surface area contributed by atoms with Crippen LogP contribution < -0.4 is 9.64 Å². The Morgan fingerprint density at radius 2 is 1.79 bits per heavy atom. The van der Waals surface area contributed by atoms with Crippen LogP contribution in [-0.2, 0) is 4.74 Å². The van der Waals surface area contributed by atoms with E-state index in [9.17, 15) is 0 Å². The zero-order valence-electron chi connectivity index (χ0n) is 13.6. The fraction of sp³-hybridized carbons (Fsp3) is 0.263. The molecular weight excluding hydrogens is 302 g/mol. The first-order chi connectivity index (χ1) is 11.8. The Balaban J connectivity index is 1.90. The maximum Gasteiger partial charge on any atom is 0.162 e. The van der Waals surface area contributed by atoms with Gasteiger partial charge in [-0.2, -0.15) is 0 Å². The average molecular weight is 321 g/mol. The summed E-state index contributed by atoms with van der Waals surface area (Å²) in [4.78, 5) is 11.9. The van der Waals surface area contributed by atoms with Gasteiger partial charge in [-0.05, 0) is 18.2 Å². The summed E-state index contributed by atoms with van der Waals surface area (Å²) in [5.74, 6) is 2.50. The summed E-state index contributed by atoms with van der Waals surface area (Å²) < 4.78 is 10.9. The summed E-state index contributed by atoms with van der Waals surface area (Å²) in [5, 5.41) is 1.01. The van der Waals surface area contributed by atoms with Crippen LogP contribution in [0.3, 0.4) is 0 Å². The fourth-order valence-corrected chi connectivity index (χ4v) is 2.95. The van der Waals surface area contributed by atoms with Gasteiger partial charge in [0.05, 0.1) is 25.8 Å². The normalized spacial score (nSPS) is 14.8. The SMILES string of the molecule is COc1ccc2nc(-c3ccccc3)nc(N3CCOCC3)c2c1. The molecule has 24 heavy (non-hydrogen) atoms. The number of nitrogens with zero attached hydrogens (tertiary/aromatic N) is 3. The molecule has 1 aliphatic rings. The number of anilines is 1. The molecule has 0 aliphatic carbocycles. The summed E-state index contributed by atoms with van der Waals surface area (Å²) >= 11 is 0. The molecule has 2 heterocycles. The molecule has 1 aliphatic heterocycles. The molecule has 5 heteroatoms. The van der Waals surface area contributed by atoms with Gasteiger partial charge >= 0.3 is 0 Å². The number of morpholine rings is 1. The Hall–Kier alpha value is -2.66. The number of ether oxygens (including phenoxy) is 2. The third-order valence-corrected chi connectivity index (χ3v) is 4.23. The second-order valence-electron chi connectivity index (χ2n) is 5.72. The second-order valence-corrected chi connectivity index (χ2v) is 5.72. The summed E-state index contributed by atoms with van der Waals surface area (Å²) in [6.45, 7) is 3.10. The molecule has 0 amide bonds. The first-order valence-electron chi connectivity index (χ1n) is 8.09. The molecule has 1 saturated heterocycles. The van der Waals surface area contributed by atoms with Crippen molar-refractivity contribution >= 4 is 16.7 Å². The predicted octanol–water partition coefficient (Wildman–Crippen LogP) is 3.14. The Morgan fingerprint density at radius 1 is 1.00 bits per heavy atom. The van der Waals surface area contributed by atoms with E-state index in [1.165, 1.54) is 0 Å². The van der Waals surface area contributed by atoms with E-state index in [1.807, 2.05) is 48.5 Å². The van der Waals surface area contributed by atoms with E-state index >= 15 is 0 Å². The van der Waals surface area contributed by atoms with Crippen molar-refractivity contribution in [1.29, 1.82) is 0 Å². The van der Waals surface area contributed by atoms with E-state index in [2.05, 4.69) is 4.90 Å².